The van der Waals surface area contributed by atoms with Gasteiger partial charge in [-0.05, 0) is 89.8 Å². The summed E-state index contributed by atoms with van der Waals surface area (Å²) in [4.78, 5) is 0. The molecule has 0 radical (unpaired) electrons. The van der Waals surface area contributed by atoms with E-state index in [9.17, 15) is 5.11 Å². The number of aliphatic hydroxyl groups excluding tert-OH is 1. The molecule has 0 aromatic heterocycles. The molecule has 2 aromatic carbocycles. The third-order valence-electron chi connectivity index (χ3n) is 10.1. The lowest BCUT2D eigenvalue weighted by atomic mass is 9.99. The van der Waals surface area contributed by atoms with Gasteiger partial charge in [-0.3, -0.25) is 0 Å². The molecule has 2 aromatic rings. The molecule has 3 rings (SSSR count). The molecular weight excluding hydrogens is 613 g/mol. The molecule has 1 saturated heterocycles. The van der Waals surface area contributed by atoms with Crippen LogP contribution in [0.25, 0.3) is 0 Å². The van der Waals surface area contributed by atoms with E-state index in [2.05, 4.69) is 148 Å². The monoisotopic (exact) mass is 674 g/mol. The average molecular weight is 675 g/mol. The van der Waals surface area contributed by atoms with Gasteiger partial charge in [0.05, 0.1) is 18.3 Å². The Bertz CT molecular complexity index is 1320. The van der Waals surface area contributed by atoms with E-state index in [1.165, 1.54) is 10.4 Å². The Morgan fingerprint density at radius 1 is 0.979 bits per heavy atom. The second-order valence-electron chi connectivity index (χ2n) is 15.8. The van der Waals surface area contributed by atoms with Crippen LogP contribution in [0.5, 0.6) is 0 Å². The van der Waals surface area contributed by atoms with Crippen LogP contribution in [0.3, 0.4) is 0 Å². The molecule has 0 bridgehead atoms. The fourth-order valence-electron chi connectivity index (χ4n) is 6.20. The Kier molecular flexibility index (Phi) is 14.1. The van der Waals surface area contributed by atoms with Gasteiger partial charge in [0.2, 0.25) is 0 Å². The molecule has 1 heterocycles. The molecule has 1 N–H and O–H groups in total. The SMILES string of the molecule is C=C(CCCC)[C@H](O[Si](C)(C)C(C)(C)C)/C(C)=C/C#CC(O)[C@H]1CC[C@H](CCO[Si](c2ccccc2)(c2ccccc2)C(C)(C)C)O1. The zero-order valence-electron chi connectivity index (χ0n) is 31.0. The summed E-state index contributed by atoms with van der Waals surface area (Å²) in [6.07, 6.45) is 6.26. The molecule has 0 spiro atoms. The number of rotatable bonds is 14. The van der Waals surface area contributed by atoms with Crippen LogP contribution in [0.15, 0.2) is 84.5 Å². The molecule has 1 aliphatic heterocycles. The lowest BCUT2D eigenvalue weighted by molar-refractivity contribution is -0.0186. The summed E-state index contributed by atoms with van der Waals surface area (Å²) in [5.41, 5.74) is 2.15. The largest absolute Gasteiger partial charge is 0.407 e. The van der Waals surface area contributed by atoms with Crippen molar-refractivity contribution < 1.29 is 18.7 Å². The second kappa shape index (κ2) is 16.9. The van der Waals surface area contributed by atoms with Gasteiger partial charge >= 0.3 is 0 Å². The van der Waals surface area contributed by atoms with E-state index in [0.717, 1.165) is 49.7 Å². The highest BCUT2D eigenvalue weighted by Crippen LogP contribution is 2.40. The van der Waals surface area contributed by atoms with Crippen LogP contribution < -0.4 is 10.4 Å². The first-order valence-corrected chi connectivity index (χ1v) is 22.5. The predicted molar refractivity (Wildman–Crippen MR) is 204 cm³/mol. The standard InChI is InChI=1S/C41H62O4Si2/c1-12-13-21-32(2)39(45-46(10,11)40(4,5)6)33(3)22-20-27-37(42)38-29-28-34(44-38)30-31-43-47(41(7,8)9,35-23-16-14-17-24-35)36-25-18-15-19-26-36/h14-19,22-26,34,37-39,42H,2,12-13,21,28-31H2,1,3-11H3/b33-22+/t34-,37?,38-,39+/m1/s1. The van der Waals surface area contributed by atoms with Crippen molar-refractivity contribution >= 4 is 27.0 Å². The minimum Gasteiger partial charge on any atom is -0.407 e. The molecule has 4 atom stereocenters. The predicted octanol–water partition coefficient (Wildman–Crippen LogP) is 8.95. The maximum absolute atomic E-state index is 11.0. The first-order valence-electron chi connectivity index (χ1n) is 17.6. The minimum absolute atomic E-state index is 0.0381. The van der Waals surface area contributed by atoms with Gasteiger partial charge in [0.1, 0.15) is 6.10 Å². The average Bonchev–Trinajstić information content (AvgIpc) is 3.49. The van der Waals surface area contributed by atoms with Gasteiger partial charge in [0.15, 0.2) is 8.32 Å². The fraction of sp³-hybridized carbons (Fsp3) is 0.561. The highest BCUT2D eigenvalue weighted by molar-refractivity contribution is 6.99. The topological polar surface area (TPSA) is 47.9 Å². The summed E-state index contributed by atoms with van der Waals surface area (Å²) in [7, 11) is -4.61. The van der Waals surface area contributed by atoms with Crippen molar-refractivity contribution in [3.05, 3.63) is 84.5 Å². The first kappa shape index (κ1) is 39.2. The number of benzene rings is 2. The summed E-state index contributed by atoms with van der Waals surface area (Å²) in [6, 6.07) is 21.5. The Balaban J connectivity index is 1.67. The van der Waals surface area contributed by atoms with Crippen molar-refractivity contribution in [3.8, 4) is 11.8 Å². The molecule has 4 nitrogen and oxygen atoms in total. The van der Waals surface area contributed by atoms with Gasteiger partial charge in [-0.25, -0.2) is 0 Å². The fourth-order valence-corrected chi connectivity index (χ4v) is 12.1. The first-order chi connectivity index (χ1) is 22.0. The Hall–Kier alpha value is -2.25. The van der Waals surface area contributed by atoms with Crippen molar-refractivity contribution in [3.63, 3.8) is 0 Å². The van der Waals surface area contributed by atoms with Gasteiger partial charge in [-0.1, -0.05) is 134 Å². The van der Waals surface area contributed by atoms with E-state index < -0.39 is 22.7 Å². The van der Waals surface area contributed by atoms with Crippen LogP contribution >= 0.6 is 0 Å². The van der Waals surface area contributed by atoms with Crippen LogP contribution in [-0.2, 0) is 13.6 Å². The molecule has 0 saturated carbocycles. The molecule has 1 unspecified atom stereocenters. The number of aliphatic hydroxyl groups is 1. The maximum atomic E-state index is 11.0. The lowest BCUT2D eigenvalue weighted by Crippen LogP contribution is -2.66. The van der Waals surface area contributed by atoms with E-state index in [1.807, 2.05) is 6.08 Å². The summed E-state index contributed by atoms with van der Waals surface area (Å²) >= 11 is 0. The van der Waals surface area contributed by atoms with E-state index >= 15 is 0 Å². The minimum atomic E-state index is -2.59. The molecule has 258 valence electrons. The lowest BCUT2D eigenvalue weighted by Gasteiger charge is -2.43. The van der Waals surface area contributed by atoms with Gasteiger partial charge in [0.25, 0.3) is 8.32 Å². The van der Waals surface area contributed by atoms with Crippen LogP contribution in [0, 0.1) is 11.8 Å². The zero-order valence-corrected chi connectivity index (χ0v) is 33.0. The van der Waals surface area contributed by atoms with Crippen LogP contribution in [0.4, 0.5) is 0 Å². The van der Waals surface area contributed by atoms with Crippen molar-refractivity contribution in [1.82, 2.24) is 0 Å². The Morgan fingerprint density at radius 3 is 2.06 bits per heavy atom. The van der Waals surface area contributed by atoms with Gasteiger partial charge in [-0.15, -0.1) is 0 Å². The molecule has 1 fully saturated rings. The Labute approximate surface area is 289 Å². The number of ether oxygens (including phenoxy) is 1. The molecular formula is C41H62O4Si2. The van der Waals surface area contributed by atoms with Gasteiger partial charge in [0, 0.05) is 6.61 Å². The molecule has 6 heteroatoms. The van der Waals surface area contributed by atoms with E-state index in [1.54, 1.807) is 0 Å². The third-order valence-corrected chi connectivity index (χ3v) is 19.5. The van der Waals surface area contributed by atoms with Crippen molar-refractivity contribution in [1.29, 1.82) is 0 Å². The molecule has 0 amide bonds. The number of hydrogen-bond acceptors (Lipinski definition) is 4. The van der Waals surface area contributed by atoms with Crippen molar-refractivity contribution in [2.24, 2.45) is 0 Å². The van der Waals surface area contributed by atoms with E-state index in [-0.39, 0.29) is 28.4 Å². The van der Waals surface area contributed by atoms with E-state index in [4.69, 9.17) is 13.6 Å². The third kappa shape index (κ3) is 10.1. The maximum Gasteiger partial charge on any atom is 0.261 e. The number of unbranched alkanes of at least 4 members (excludes halogenated alkanes) is 1. The summed E-state index contributed by atoms with van der Waals surface area (Å²) in [5.74, 6) is 6.20. The van der Waals surface area contributed by atoms with Gasteiger partial charge < -0.3 is 18.7 Å². The normalized spacial score (nSPS) is 19.2. The molecule has 1 aliphatic rings. The highest BCUT2D eigenvalue weighted by Gasteiger charge is 2.50. The highest BCUT2D eigenvalue weighted by atomic mass is 28.4. The van der Waals surface area contributed by atoms with Crippen LogP contribution in [0.2, 0.25) is 23.2 Å². The van der Waals surface area contributed by atoms with E-state index in [0.29, 0.717) is 6.61 Å². The second-order valence-corrected chi connectivity index (χ2v) is 24.9. The summed E-state index contributed by atoms with van der Waals surface area (Å²) in [5, 5.41) is 13.6. The quantitative estimate of drug-likeness (QED) is 0.124. The summed E-state index contributed by atoms with van der Waals surface area (Å²) in [6.45, 7) is 27.5. The number of allylic oxidation sites excluding steroid dienone is 1. The summed E-state index contributed by atoms with van der Waals surface area (Å²) < 4.78 is 20.3. The smallest absolute Gasteiger partial charge is 0.261 e. The zero-order chi connectivity index (χ0) is 34.9. The van der Waals surface area contributed by atoms with Crippen LogP contribution in [0.1, 0.15) is 93.9 Å². The molecule has 47 heavy (non-hydrogen) atoms. The van der Waals surface area contributed by atoms with Crippen molar-refractivity contribution in [2.75, 3.05) is 6.61 Å². The molecule has 0 aliphatic carbocycles. The number of hydrogen-bond donors (Lipinski definition) is 1. The van der Waals surface area contributed by atoms with Crippen LogP contribution in [-0.4, -0.2) is 52.8 Å². The van der Waals surface area contributed by atoms with Crippen molar-refractivity contribution in [2.45, 2.75) is 142 Å². The van der Waals surface area contributed by atoms with Gasteiger partial charge in [-0.2, -0.15) is 0 Å². The Morgan fingerprint density at radius 2 is 1.55 bits per heavy atom.